The third kappa shape index (κ3) is 14.4. The number of benzene rings is 4. The average molecular weight is 1170 g/mol. The summed E-state index contributed by atoms with van der Waals surface area (Å²) < 4.78 is 217. The van der Waals surface area contributed by atoms with Gasteiger partial charge in [0.2, 0.25) is 35.7 Å². The van der Waals surface area contributed by atoms with Crippen LogP contribution in [0, 0.1) is 0 Å². The molecule has 0 amide bonds. The van der Waals surface area contributed by atoms with Crippen LogP contribution in [0.5, 0.6) is 0 Å². The monoisotopic (exact) mass is 1170 g/mol. The normalized spacial score (nSPS) is 12.6. The molecule has 0 bridgehead atoms. The maximum atomic E-state index is 12.7. The van der Waals surface area contributed by atoms with Crippen molar-refractivity contribution in [3.05, 3.63) is 83.9 Å². The van der Waals surface area contributed by atoms with Gasteiger partial charge in [-0.15, -0.1) is 0 Å². The molecule has 0 saturated carbocycles. The van der Waals surface area contributed by atoms with Crippen molar-refractivity contribution in [1.29, 1.82) is 0 Å². The predicted octanol–water partition coefficient (Wildman–Crippen LogP) is 2.66. The first-order valence-electron chi connectivity index (χ1n) is 21.3. The number of anilines is 10. The quantitative estimate of drug-likeness (QED) is 0.0482. The molecule has 0 saturated heterocycles. The molecule has 76 heavy (non-hydrogen) atoms. The first-order chi connectivity index (χ1) is 35.2. The van der Waals surface area contributed by atoms with Crippen LogP contribution in [0.4, 0.5) is 58.4 Å². The number of aromatic nitrogens is 6. The first kappa shape index (κ1) is 58.2. The van der Waals surface area contributed by atoms with Gasteiger partial charge in [-0.1, -0.05) is 24.3 Å². The first-order valence-corrected chi connectivity index (χ1v) is 29.8. The summed E-state index contributed by atoms with van der Waals surface area (Å²) in [5, 5.41) is 10.2. The second-order valence-electron chi connectivity index (χ2n) is 15.3. The zero-order valence-electron chi connectivity index (χ0n) is 39.3. The summed E-state index contributed by atoms with van der Waals surface area (Å²) in [5.41, 5.74) is -2.36. The lowest BCUT2D eigenvalue weighted by Gasteiger charge is -2.21. The summed E-state index contributed by atoms with van der Waals surface area (Å²) >= 11 is 0. The van der Waals surface area contributed by atoms with Crippen molar-refractivity contribution in [3.63, 3.8) is 0 Å². The SMILES string of the molecule is CCN(CC)c1nc(Nc2ccc(/C=C/c3ccc(Nc4nc(Nc5cc(S(=O)(=O)O)ccc5S(=O)(=O)[O-])nc(N(CC)CC)n4)cc3S(=O)(=O)[O-])c(S(=O)(=O)[O-])c2)nc(Nc2cc(S(=O)(=O)[O-])ccc2S(=O)(=O)[O-])n1. The standard InChI is InChI=1S/C40H44N12O18S6/c1-5-51(6-2)39-47-35(45-37(49-39)43-29-21-27(71(53,54)55)15-17-31(29)73(59,60)61)41-25-13-11-23(33(19-25)75(65,66)67)9-10-24-12-14-26(20-34(24)76(68,69)70)42-36-46-38(50-40(48-36)52(7-3)8-4)44-30-22-28(72(56,57)58)16-18-32(30)74(62,63)64/h9-22H,5-8H2,1-4H3,(H,53,54,55)(H,56,57,58)(H,59,60,61)(H,62,63,64)(H,65,66,67)(H,68,69,70)(H2,41,43,45,47,49)(H2,42,44,46,48,50)/p-5/b10-9+. The van der Waals surface area contributed by atoms with E-state index in [1.54, 1.807) is 37.5 Å². The minimum Gasteiger partial charge on any atom is -0.744 e. The molecule has 2 aromatic heterocycles. The molecule has 0 atom stereocenters. The summed E-state index contributed by atoms with van der Waals surface area (Å²) in [5.74, 6) is -1.95. The Balaban J connectivity index is 1.35. The van der Waals surface area contributed by atoms with E-state index in [9.17, 15) is 77.8 Å². The molecule has 2 heterocycles. The van der Waals surface area contributed by atoms with Gasteiger partial charge in [0.15, 0.2) is 0 Å². The van der Waals surface area contributed by atoms with Crippen molar-refractivity contribution in [2.75, 3.05) is 57.2 Å². The number of nitrogens with zero attached hydrogens (tertiary/aromatic N) is 8. The number of nitrogens with one attached hydrogen (secondary N) is 4. The summed E-state index contributed by atoms with van der Waals surface area (Å²) in [7, 11) is -31.4. The molecule has 6 aromatic rings. The zero-order chi connectivity index (χ0) is 56.3. The van der Waals surface area contributed by atoms with Crippen molar-refractivity contribution in [3.8, 4) is 0 Å². The fourth-order valence-electron chi connectivity index (χ4n) is 6.83. The Morgan fingerprint density at radius 2 is 0.750 bits per heavy atom. The summed E-state index contributed by atoms with van der Waals surface area (Å²) in [6.45, 7) is 7.97. The highest BCUT2D eigenvalue weighted by molar-refractivity contribution is 7.87. The Hall–Kier alpha value is -7.10. The van der Waals surface area contributed by atoms with Crippen LogP contribution < -0.4 is 31.1 Å². The van der Waals surface area contributed by atoms with E-state index in [1.165, 1.54) is 12.1 Å². The molecule has 408 valence electrons. The van der Waals surface area contributed by atoms with Crippen molar-refractivity contribution >= 4 is 131 Å². The lowest BCUT2D eigenvalue weighted by atomic mass is 10.1. The summed E-state index contributed by atoms with van der Waals surface area (Å²) in [6.07, 6.45) is 2.00. The van der Waals surface area contributed by atoms with E-state index in [2.05, 4.69) is 51.2 Å². The van der Waals surface area contributed by atoms with E-state index >= 15 is 0 Å². The Morgan fingerprint density at radius 1 is 0.421 bits per heavy atom. The topological polar surface area (TPSA) is 472 Å². The number of hydrogen-bond donors (Lipinski definition) is 5. The predicted molar refractivity (Wildman–Crippen MR) is 264 cm³/mol. The van der Waals surface area contributed by atoms with E-state index in [0.29, 0.717) is 36.4 Å². The summed E-state index contributed by atoms with van der Waals surface area (Å²) in [4.78, 5) is 22.9. The van der Waals surface area contributed by atoms with Crippen LogP contribution in [-0.2, 0) is 60.7 Å². The highest BCUT2D eigenvalue weighted by Crippen LogP contribution is 2.32. The minimum absolute atomic E-state index is 0.0846. The highest BCUT2D eigenvalue weighted by Gasteiger charge is 2.21. The van der Waals surface area contributed by atoms with Gasteiger partial charge >= 0.3 is 0 Å². The molecular formula is C40H39N12O18S6-5. The Labute approximate surface area is 434 Å². The molecule has 0 spiro atoms. The van der Waals surface area contributed by atoms with Gasteiger partial charge in [0.1, 0.15) is 50.6 Å². The highest BCUT2D eigenvalue weighted by atomic mass is 32.2. The molecule has 6 rings (SSSR count). The fraction of sp³-hybridized carbons (Fsp3) is 0.200. The molecule has 30 nitrogen and oxygen atoms in total. The molecule has 4 aromatic carbocycles. The maximum absolute atomic E-state index is 12.7. The lowest BCUT2D eigenvalue weighted by molar-refractivity contribution is 0.459. The van der Waals surface area contributed by atoms with Crippen molar-refractivity contribution in [2.45, 2.75) is 57.1 Å². The van der Waals surface area contributed by atoms with E-state index < -0.39 is 119 Å². The van der Waals surface area contributed by atoms with Crippen LogP contribution in [0.1, 0.15) is 38.8 Å². The zero-order valence-corrected chi connectivity index (χ0v) is 44.2. The van der Waals surface area contributed by atoms with Gasteiger partial charge < -0.3 is 53.8 Å². The Morgan fingerprint density at radius 3 is 1.07 bits per heavy atom. The van der Waals surface area contributed by atoms with E-state index in [-0.39, 0.29) is 66.5 Å². The van der Waals surface area contributed by atoms with Gasteiger partial charge in [0.25, 0.3) is 10.1 Å². The smallest absolute Gasteiger partial charge is 0.294 e. The van der Waals surface area contributed by atoms with Crippen molar-refractivity contribution in [1.82, 2.24) is 29.9 Å². The van der Waals surface area contributed by atoms with Gasteiger partial charge in [-0.05, 0) is 99.5 Å². The number of rotatable bonds is 22. The van der Waals surface area contributed by atoms with Gasteiger partial charge in [-0.2, -0.15) is 38.3 Å². The van der Waals surface area contributed by atoms with E-state index in [4.69, 9.17) is 0 Å². The van der Waals surface area contributed by atoms with Crippen molar-refractivity contribution in [2.24, 2.45) is 0 Å². The van der Waals surface area contributed by atoms with E-state index in [1.807, 2.05) is 0 Å². The lowest BCUT2D eigenvalue weighted by Crippen LogP contribution is -2.25. The molecule has 0 aliphatic heterocycles. The second-order valence-corrected chi connectivity index (χ2v) is 23.5. The van der Waals surface area contributed by atoms with Gasteiger partial charge in [-0.25, -0.2) is 42.1 Å². The van der Waals surface area contributed by atoms with Gasteiger partial charge in [-0.3, -0.25) is 4.55 Å². The van der Waals surface area contributed by atoms with Gasteiger partial charge in [0.05, 0.1) is 40.7 Å². The van der Waals surface area contributed by atoms with Crippen LogP contribution in [0.3, 0.4) is 0 Å². The van der Waals surface area contributed by atoms with Crippen molar-refractivity contribution < 1.29 is 77.8 Å². The Kier molecular flexibility index (Phi) is 17.0. The molecule has 0 unspecified atom stereocenters. The maximum Gasteiger partial charge on any atom is 0.294 e. The molecule has 36 heteroatoms. The molecule has 5 N–H and O–H groups in total. The van der Waals surface area contributed by atoms with Crippen LogP contribution in [0.15, 0.2) is 102 Å². The molecular weight excluding hydrogens is 1130 g/mol. The third-order valence-electron chi connectivity index (χ3n) is 10.4. The largest absolute Gasteiger partial charge is 0.744 e. The third-order valence-corrected chi connectivity index (χ3v) is 15.6. The average Bonchev–Trinajstić information content (AvgIpc) is 3.30. The molecule has 0 radical (unpaired) electrons. The fourth-order valence-corrected chi connectivity index (χ4v) is 10.4. The molecule has 0 aliphatic rings. The molecule has 0 fully saturated rings. The minimum atomic E-state index is -5.38. The Bertz CT molecular complexity index is 3720. The molecule has 0 aliphatic carbocycles. The van der Waals surface area contributed by atoms with Gasteiger partial charge in [0, 0.05) is 37.6 Å². The second kappa shape index (κ2) is 22.2. The van der Waals surface area contributed by atoms with Crippen LogP contribution in [0.25, 0.3) is 12.2 Å². The van der Waals surface area contributed by atoms with E-state index in [0.717, 1.165) is 36.4 Å². The summed E-state index contributed by atoms with van der Waals surface area (Å²) in [6, 6.07) is 10.0. The van der Waals surface area contributed by atoms with Crippen LogP contribution in [0.2, 0.25) is 0 Å². The van der Waals surface area contributed by atoms with Crippen LogP contribution >= 0.6 is 0 Å². The number of hydrogen-bond acceptors (Lipinski definition) is 29. The van der Waals surface area contributed by atoms with Crippen LogP contribution in [-0.4, -0.2) is 134 Å².